The molecule has 1 saturated heterocycles. The highest BCUT2D eigenvalue weighted by Gasteiger charge is 2.48. The SMILES string of the molecule is CN1CCN(C(=O)c2nn3c(c2Cl)NC(c2ccc(Br)cc2)CC3C(F)(F)F)CC1. The van der Waals surface area contributed by atoms with Crippen molar-refractivity contribution in [2.24, 2.45) is 0 Å². The lowest BCUT2D eigenvalue weighted by atomic mass is 9.97. The van der Waals surface area contributed by atoms with Gasteiger partial charge in [-0.2, -0.15) is 18.3 Å². The first-order valence-corrected chi connectivity index (χ1v) is 10.7. The molecule has 11 heteroatoms. The lowest BCUT2D eigenvalue weighted by Crippen LogP contribution is -2.47. The number of benzene rings is 1. The van der Waals surface area contributed by atoms with E-state index in [0.717, 1.165) is 9.15 Å². The Bertz CT molecular complexity index is 941. The van der Waals surface area contributed by atoms with Gasteiger partial charge in [0.15, 0.2) is 11.7 Å². The van der Waals surface area contributed by atoms with E-state index in [1.165, 1.54) is 0 Å². The Morgan fingerprint density at radius 1 is 1.20 bits per heavy atom. The fraction of sp³-hybridized carbons (Fsp3) is 0.474. The highest BCUT2D eigenvalue weighted by atomic mass is 79.9. The smallest absolute Gasteiger partial charge is 0.362 e. The van der Waals surface area contributed by atoms with Crippen molar-refractivity contribution >= 4 is 39.3 Å². The van der Waals surface area contributed by atoms with Gasteiger partial charge in [0.05, 0.1) is 6.04 Å². The van der Waals surface area contributed by atoms with Gasteiger partial charge >= 0.3 is 6.18 Å². The second-order valence-corrected chi connectivity index (χ2v) is 8.89. The highest BCUT2D eigenvalue weighted by molar-refractivity contribution is 9.10. The zero-order chi connectivity index (χ0) is 21.6. The van der Waals surface area contributed by atoms with Crippen molar-refractivity contribution < 1.29 is 18.0 Å². The first kappa shape index (κ1) is 21.5. The maximum Gasteiger partial charge on any atom is 0.410 e. The van der Waals surface area contributed by atoms with Gasteiger partial charge in [0.1, 0.15) is 10.8 Å². The molecule has 2 aliphatic heterocycles. The van der Waals surface area contributed by atoms with Crippen molar-refractivity contribution in [3.8, 4) is 0 Å². The topological polar surface area (TPSA) is 53.4 Å². The lowest BCUT2D eigenvalue weighted by molar-refractivity contribution is -0.173. The third kappa shape index (κ3) is 4.04. The van der Waals surface area contributed by atoms with Gasteiger partial charge in [-0.15, -0.1) is 0 Å². The van der Waals surface area contributed by atoms with Crippen molar-refractivity contribution in [2.75, 3.05) is 38.5 Å². The number of nitrogens with zero attached hydrogens (tertiary/aromatic N) is 4. The molecule has 0 spiro atoms. The normalized spacial score (nSPS) is 22.5. The minimum atomic E-state index is -4.53. The van der Waals surface area contributed by atoms with E-state index in [-0.39, 0.29) is 23.0 Å². The monoisotopic (exact) mass is 505 g/mol. The van der Waals surface area contributed by atoms with E-state index in [2.05, 4.69) is 31.2 Å². The van der Waals surface area contributed by atoms with Gasteiger partial charge in [0.2, 0.25) is 0 Å². The van der Waals surface area contributed by atoms with Crippen LogP contribution in [-0.4, -0.2) is 64.9 Å². The van der Waals surface area contributed by atoms with Crippen molar-refractivity contribution in [1.82, 2.24) is 19.6 Å². The summed E-state index contributed by atoms with van der Waals surface area (Å²) in [5.74, 6) is -0.423. The summed E-state index contributed by atoms with van der Waals surface area (Å²) < 4.78 is 43.3. The first-order valence-electron chi connectivity index (χ1n) is 9.49. The summed E-state index contributed by atoms with van der Waals surface area (Å²) in [6, 6.07) is 4.56. The molecule has 162 valence electrons. The predicted octanol–water partition coefficient (Wildman–Crippen LogP) is 4.35. The molecule has 2 aliphatic rings. The summed E-state index contributed by atoms with van der Waals surface area (Å²) in [5.41, 5.74) is 0.553. The number of piperazine rings is 1. The number of halogens is 5. The van der Waals surface area contributed by atoms with Gasteiger partial charge in [-0.3, -0.25) is 4.79 Å². The third-order valence-corrected chi connectivity index (χ3v) is 6.45. The van der Waals surface area contributed by atoms with Crippen LogP contribution in [0.1, 0.15) is 34.6 Å². The van der Waals surface area contributed by atoms with Gasteiger partial charge in [-0.05, 0) is 24.7 Å². The van der Waals surface area contributed by atoms with Crippen molar-refractivity contribution in [2.45, 2.75) is 24.7 Å². The molecule has 3 heterocycles. The summed E-state index contributed by atoms with van der Waals surface area (Å²) in [7, 11) is 1.95. The van der Waals surface area contributed by atoms with Crippen LogP contribution < -0.4 is 5.32 Å². The van der Waals surface area contributed by atoms with E-state index in [1.54, 1.807) is 29.2 Å². The minimum Gasteiger partial charge on any atom is -0.362 e. The molecule has 1 N–H and O–H groups in total. The van der Waals surface area contributed by atoms with E-state index >= 15 is 0 Å². The van der Waals surface area contributed by atoms with Crippen LogP contribution in [0.3, 0.4) is 0 Å². The first-order chi connectivity index (χ1) is 14.1. The average molecular weight is 507 g/mol. The Morgan fingerprint density at radius 2 is 1.83 bits per heavy atom. The number of aromatic nitrogens is 2. The van der Waals surface area contributed by atoms with E-state index in [0.29, 0.717) is 31.7 Å². The van der Waals surface area contributed by atoms with Crippen LogP contribution in [0, 0.1) is 0 Å². The number of rotatable bonds is 2. The molecule has 2 atom stereocenters. The number of alkyl halides is 3. The number of hydrogen-bond acceptors (Lipinski definition) is 4. The molecule has 0 bridgehead atoms. The average Bonchev–Trinajstić information content (AvgIpc) is 3.04. The summed E-state index contributed by atoms with van der Waals surface area (Å²) in [5, 5.41) is 7.01. The summed E-state index contributed by atoms with van der Waals surface area (Å²) in [6.07, 6.45) is -4.79. The van der Waals surface area contributed by atoms with E-state index in [4.69, 9.17) is 11.6 Å². The lowest BCUT2D eigenvalue weighted by Gasteiger charge is -2.33. The zero-order valence-electron chi connectivity index (χ0n) is 16.1. The number of nitrogens with one attached hydrogen (secondary N) is 1. The minimum absolute atomic E-state index is 0.0237. The van der Waals surface area contributed by atoms with Gasteiger partial charge in [0, 0.05) is 37.1 Å². The Kier molecular flexibility index (Phi) is 5.75. The molecule has 0 saturated carbocycles. The van der Waals surface area contributed by atoms with Crippen LogP contribution in [0.25, 0.3) is 0 Å². The Balaban J connectivity index is 1.69. The third-order valence-electron chi connectivity index (χ3n) is 5.56. The summed E-state index contributed by atoms with van der Waals surface area (Å²) in [4.78, 5) is 16.6. The second kappa shape index (κ2) is 8.05. The fourth-order valence-corrected chi connectivity index (χ4v) is 4.32. The second-order valence-electron chi connectivity index (χ2n) is 7.59. The van der Waals surface area contributed by atoms with Crippen LogP contribution in [0.4, 0.5) is 19.0 Å². The molecule has 4 rings (SSSR count). The molecule has 2 unspecified atom stereocenters. The summed E-state index contributed by atoms with van der Waals surface area (Å²) >= 11 is 9.73. The molecule has 1 aromatic carbocycles. The number of amides is 1. The largest absolute Gasteiger partial charge is 0.410 e. The van der Waals surface area contributed by atoms with E-state index < -0.39 is 24.2 Å². The number of anilines is 1. The Hall–Kier alpha value is -1.78. The molecular weight excluding hydrogens is 487 g/mol. The number of likely N-dealkylation sites (N-methyl/N-ethyl adjacent to an activating group) is 1. The molecule has 0 aliphatic carbocycles. The maximum absolute atomic E-state index is 13.9. The molecule has 1 fully saturated rings. The van der Waals surface area contributed by atoms with Crippen LogP contribution in [0.2, 0.25) is 5.02 Å². The van der Waals surface area contributed by atoms with Gasteiger partial charge in [-0.25, -0.2) is 4.68 Å². The van der Waals surface area contributed by atoms with Crippen LogP contribution >= 0.6 is 27.5 Å². The van der Waals surface area contributed by atoms with Crippen LogP contribution in [0.15, 0.2) is 28.7 Å². The molecule has 2 aromatic rings. The van der Waals surface area contributed by atoms with Gasteiger partial charge in [-0.1, -0.05) is 39.7 Å². The molecule has 6 nitrogen and oxygen atoms in total. The zero-order valence-corrected chi connectivity index (χ0v) is 18.4. The van der Waals surface area contributed by atoms with Gasteiger partial charge in [0.25, 0.3) is 5.91 Å². The highest BCUT2D eigenvalue weighted by Crippen LogP contribution is 2.46. The summed E-state index contributed by atoms with van der Waals surface area (Å²) in [6.45, 7) is 2.33. The van der Waals surface area contributed by atoms with Crippen molar-refractivity contribution in [3.05, 3.63) is 45.0 Å². The van der Waals surface area contributed by atoms with E-state index in [1.807, 2.05) is 7.05 Å². The van der Waals surface area contributed by atoms with Crippen molar-refractivity contribution in [1.29, 1.82) is 0 Å². The number of hydrogen-bond donors (Lipinski definition) is 1. The standard InChI is InChI=1S/C19H20BrClF3N5O/c1-27-6-8-28(9-7-27)18(30)16-15(21)17-25-13(11-2-4-12(20)5-3-11)10-14(19(22,23)24)29(17)26-16/h2-5,13-14,25H,6-10H2,1H3. The van der Waals surface area contributed by atoms with E-state index in [9.17, 15) is 18.0 Å². The molecule has 1 aromatic heterocycles. The molecule has 1 amide bonds. The van der Waals surface area contributed by atoms with Crippen molar-refractivity contribution in [3.63, 3.8) is 0 Å². The predicted molar refractivity (Wildman–Crippen MR) is 111 cm³/mol. The number of carbonyl (C=O) groups excluding carboxylic acids is 1. The maximum atomic E-state index is 13.9. The van der Waals surface area contributed by atoms with Gasteiger partial charge < -0.3 is 15.1 Å². The Labute approximate surface area is 185 Å². The van der Waals surface area contributed by atoms with Crippen LogP contribution in [0.5, 0.6) is 0 Å². The number of fused-ring (bicyclic) bond motifs is 1. The fourth-order valence-electron chi connectivity index (χ4n) is 3.80. The number of carbonyl (C=O) groups is 1. The molecule has 0 radical (unpaired) electrons. The quantitative estimate of drug-likeness (QED) is 0.658. The molecule has 30 heavy (non-hydrogen) atoms. The Morgan fingerprint density at radius 3 is 2.43 bits per heavy atom. The van der Waals surface area contributed by atoms with Crippen LogP contribution in [-0.2, 0) is 0 Å². The molecular formula is C19H20BrClF3N5O.